The molecule has 1 atom stereocenters. The van der Waals surface area contributed by atoms with E-state index in [1.165, 1.54) is 30.5 Å². The average molecular weight is 443 g/mol. The molecular weight excluding hydrogens is 429 g/mol. The maximum absolute atomic E-state index is 14.5. The van der Waals surface area contributed by atoms with Crippen molar-refractivity contribution in [3.8, 4) is 0 Å². The van der Waals surface area contributed by atoms with Crippen molar-refractivity contribution < 1.29 is 21.6 Å². The Morgan fingerprint density at radius 2 is 1.72 bits per heavy atom. The van der Waals surface area contributed by atoms with E-state index in [1.54, 1.807) is 6.92 Å². The second-order valence-corrected chi connectivity index (χ2v) is 8.06. The van der Waals surface area contributed by atoms with Crippen LogP contribution >= 0.6 is 11.6 Å². The number of rotatable bonds is 6. The molecule has 0 bridgehead atoms. The summed E-state index contributed by atoms with van der Waals surface area (Å²) in [6.45, 7) is 1.56. The molecule has 0 aliphatic heterocycles. The van der Waals surface area contributed by atoms with Gasteiger partial charge in [0.2, 0.25) is 0 Å². The molecule has 3 rings (SSSR count). The molecule has 29 heavy (non-hydrogen) atoms. The van der Waals surface area contributed by atoms with Crippen molar-refractivity contribution in [2.45, 2.75) is 17.9 Å². The van der Waals surface area contributed by atoms with Gasteiger partial charge in [-0.15, -0.1) is 0 Å². The van der Waals surface area contributed by atoms with E-state index in [1.807, 2.05) is 4.72 Å². The van der Waals surface area contributed by atoms with Gasteiger partial charge in [-0.1, -0.05) is 11.6 Å². The molecule has 1 aromatic heterocycles. The molecule has 0 spiro atoms. The monoisotopic (exact) mass is 442 g/mol. The molecule has 0 amide bonds. The molecule has 0 fully saturated rings. The molecule has 1 unspecified atom stereocenters. The number of halogens is 4. The molecule has 2 N–H and O–H groups in total. The van der Waals surface area contributed by atoms with Gasteiger partial charge < -0.3 is 5.32 Å². The lowest BCUT2D eigenvalue weighted by molar-refractivity contribution is 0.521. The van der Waals surface area contributed by atoms with Crippen LogP contribution < -0.4 is 10.0 Å². The lowest BCUT2D eigenvalue weighted by Crippen LogP contribution is -2.18. The molecule has 1 heterocycles. The number of sulfonamides is 1. The molecular formula is C18H14ClF3N4O2S. The van der Waals surface area contributed by atoms with E-state index < -0.39 is 38.4 Å². The van der Waals surface area contributed by atoms with Crippen molar-refractivity contribution in [2.24, 2.45) is 0 Å². The molecule has 11 heteroatoms. The summed E-state index contributed by atoms with van der Waals surface area (Å²) in [5.74, 6) is -3.35. The Balaban J connectivity index is 1.88. The third-order valence-corrected chi connectivity index (χ3v) is 5.54. The summed E-state index contributed by atoms with van der Waals surface area (Å²) < 4.78 is 69.6. The lowest BCUT2D eigenvalue weighted by atomic mass is 10.1. The van der Waals surface area contributed by atoms with Crippen LogP contribution in [0.4, 0.5) is 24.7 Å². The SMILES string of the molecule is CC(Nc1cc(F)c(S(=O)(=O)Nc2ccncn2)c(F)c1)c1cc(Cl)ccc1F. The number of hydrogen-bond acceptors (Lipinski definition) is 5. The molecule has 3 aromatic rings. The summed E-state index contributed by atoms with van der Waals surface area (Å²) in [6.07, 6.45) is 2.34. The van der Waals surface area contributed by atoms with Gasteiger partial charge in [0.05, 0.1) is 6.04 Å². The highest BCUT2D eigenvalue weighted by atomic mass is 35.5. The van der Waals surface area contributed by atoms with Gasteiger partial charge in [0.1, 0.15) is 29.6 Å². The summed E-state index contributed by atoms with van der Waals surface area (Å²) in [5.41, 5.74) is 0.105. The highest BCUT2D eigenvalue weighted by Gasteiger charge is 2.26. The smallest absolute Gasteiger partial charge is 0.268 e. The van der Waals surface area contributed by atoms with E-state index in [-0.39, 0.29) is 17.1 Å². The van der Waals surface area contributed by atoms with E-state index in [4.69, 9.17) is 11.6 Å². The zero-order chi connectivity index (χ0) is 21.2. The van der Waals surface area contributed by atoms with E-state index in [2.05, 4.69) is 15.3 Å². The largest absolute Gasteiger partial charge is 0.378 e. The Kier molecular flexibility index (Phi) is 5.94. The summed E-state index contributed by atoms with van der Waals surface area (Å²) in [4.78, 5) is 6.11. The van der Waals surface area contributed by atoms with Crippen molar-refractivity contribution in [3.63, 3.8) is 0 Å². The van der Waals surface area contributed by atoms with Crippen LogP contribution in [0.3, 0.4) is 0 Å². The van der Waals surface area contributed by atoms with Crippen LogP contribution in [0, 0.1) is 17.5 Å². The zero-order valence-electron chi connectivity index (χ0n) is 14.8. The maximum atomic E-state index is 14.5. The summed E-state index contributed by atoms with van der Waals surface area (Å²) in [5, 5.41) is 3.02. The molecule has 0 saturated carbocycles. The third-order valence-electron chi connectivity index (χ3n) is 3.90. The van der Waals surface area contributed by atoms with Crippen molar-refractivity contribution in [1.82, 2.24) is 9.97 Å². The third kappa shape index (κ3) is 4.77. The van der Waals surface area contributed by atoms with Crippen molar-refractivity contribution in [2.75, 3.05) is 10.0 Å². The van der Waals surface area contributed by atoms with E-state index >= 15 is 0 Å². The first-order valence-electron chi connectivity index (χ1n) is 8.17. The lowest BCUT2D eigenvalue weighted by Gasteiger charge is -2.18. The topological polar surface area (TPSA) is 84.0 Å². The van der Waals surface area contributed by atoms with Crippen LogP contribution in [0.2, 0.25) is 5.02 Å². The summed E-state index contributed by atoms with van der Waals surface area (Å²) in [7, 11) is -4.58. The van der Waals surface area contributed by atoms with Crippen LogP contribution in [-0.4, -0.2) is 18.4 Å². The van der Waals surface area contributed by atoms with Crippen molar-refractivity contribution in [3.05, 3.63) is 77.0 Å². The maximum Gasteiger partial charge on any atom is 0.268 e. The van der Waals surface area contributed by atoms with Gasteiger partial charge in [-0.25, -0.2) is 31.6 Å². The van der Waals surface area contributed by atoms with Crippen LogP contribution in [-0.2, 0) is 10.0 Å². The van der Waals surface area contributed by atoms with E-state index in [9.17, 15) is 21.6 Å². The summed E-state index contributed by atoms with van der Waals surface area (Å²) >= 11 is 5.85. The normalized spacial score (nSPS) is 12.4. The minimum absolute atomic E-state index is 0.0761. The first kappa shape index (κ1) is 20.9. The molecule has 0 aliphatic carbocycles. The van der Waals surface area contributed by atoms with Gasteiger partial charge in [0.15, 0.2) is 4.90 Å². The standard InChI is InChI=1S/C18H14ClF3N4O2S/c1-10(13-6-11(19)2-3-14(13)20)25-12-7-15(21)18(16(22)8-12)29(27,28)26-17-4-5-23-9-24-17/h2-10,25H,1H3,(H,23,24,26). The first-order chi connectivity index (χ1) is 13.7. The van der Waals surface area contributed by atoms with Gasteiger partial charge in [0.25, 0.3) is 10.0 Å². The molecule has 2 aromatic carbocycles. The minimum Gasteiger partial charge on any atom is -0.378 e. The van der Waals surface area contributed by atoms with Crippen LogP contribution in [0.25, 0.3) is 0 Å². The predicted molar refractivity (Wildman–Crippen MR) is 103 cm³/mol. The Hall–Kier alpha value is -2.85. The zero-order valence-corrected chi connectivity index (χ0v) is 16.4. The van der Waals surface area contributed by atoms with Gasteiger partial charge in [-0.3, -0.25) is 4.72 Å². The number of benzene rings is 2. The van der Waals surface area contributed by atoms with Gasteiger partial charge in [-0.05, 0) is 43.3 Å². The number of hydrogen-bond donors (Lipinski definition) is 2. The molecule has 152 valence electrons. The van der Waals surface area contributed by atoms with Crippen LogP contribution in [0.5, 0.6) is 0 Å². The predicted octanol–water partition coefficient (Wildman–Crippen LogP) is 4.52. The van der Waals surface area contributed by atoms with Crippen molar-refractivity contribution in [1.29, 1.82) is 0 Å². The average Bonchev–Trinajstić information content (AvgIpc) is 2.63. The minimum atomic E-state index is -4.58. The fourth-order valence-corrected chi connectivity index (χ4v) is 3.92. The van der Waals surface area contributed by atoms with Crippen molar-refractivity contribution >= 4 is 33.1 Å². The van der Waals surface area contributed by atoms with Gasteiger partial charge >= 0.3 is 0 Å². The second kappa shape index (κ2) is 8.26. The number of anilines is 2. The molecule has 6 nitrogen and oxygen atoms in total. The highest BCUT2D eigenvalue weighted by Crippen LogP contribution is 2.28. The molecule has 0 saturated heterocycles. The number of nitrogens with one attached hydrogen (secondary N) is 2. The second-order valence-electron chi connectivity index (χ2n) is 6.00. The fourth-order valence-electron chi connectivity index (χ4n) is 2.61. The van der Waals surface area contributed by atoms with E-state index in [0.29, 0.717) is 5.02 Å². The van der Waals surface area contributed by atoms with Crippen LogP contribution in [0.1, 0.15) is 18.5 Å². The Morgan fingerprint density at radius 1 is 1.03 bits per heavy atom. The summed E-state index contributed by atoms with van der Waals surface area (Å²) in [6, 6.07) is 6.06. The molecule has 0 aliphatic rings. The van der Waals surface area contributed by atoms with Gasteiger partial charge in [0, 0.05) is 22.5 Å². The molecule has 0 radical (unpaired) electrons. The number of aromatic nitrogens is 2. The number of nitrogens with zero attached hydrogens (tertiary/aromatic N) is 2. The van der Waals surface area contributed by atoms with Crippen LogP contribution in [0.15, 0.2) is 53.8 Å². The van der Waals surface area contributed by atoms with Gasteiger partial charge in [-0.2, -0.15) is 0 Å². The Bertz CT molecular complexity index is 1120. The fraction of sp³-hybridized carbons (Fsp3) is 0.111. The first-order valence-corrected chi connectivity index (χ1v) is 10.0. The Labute approximate surface area is 169 Å². The highest BCUT2D eigenvalue weighted by molar-refractivity contribution is 7.92. The quantitative estimate of drug-likeness (QED) is 0.586. The Morgan fingerprint density at radius 3 is 2.34 bits per heavy atom. The van der Waals surface area contributed by atoms with E-state index in [0.717, 1.165) is 18.5 Å².